The van der Waals surface area contributed by atoms with Crippen molar-refractivity contribution in [1.82, 2.24) is 9.55 Å². The number of thiophene rings is 1. The minimum Gasteiger partial charge on any atom is -0.328 e. The number of hydrogen-bond donors (Lipinski definition) is 1. The van der Waals surface area contributed by atoms with Gasteiger partial charge in [-0.2, -0.15) is 11.3 Å². The van der Waals surface area contributed by atoms with Crippen molar-refractivity contribution in [3.05, 3.63) is 50.9 Å². The van der Waals surface area contributed by atoms with E-state index >= 15 is 0 Å². The Balaban J connectivity index is 2.11. The van der Waals surface area contributed by atoms with Crippen LogP contribution in [0.4, 0.5) is 8.78 Å². The Hall–Kier alpha value is -1.53. The van der Waals surface area contributed by atoms with Crippen LogP contribution in [0.2, 0.25) is 0 Å². The third kappa shape index (κ3) is 2.29. The first-order valence-electron chi connectivity index (χ1n) is 6.16. The molecule has 0 spiro atoms. The molecule has 0 saturated heterocycles. The predicted molar refractivity (Wildman–Crippen MR) is 79.8 cm³/mol. The molecule has 1 N–H and O–H groups in total. The first kappa shape index (κ1) is 13.5. The van der Waals surface area contributed by atoms with Gasteiger partial charge >= 0.3 is 0 Å². The van der Waals surface area contributed by atoms with E-state index in [1.165, 1.54) is 11.6 Å². The topological polar surface area (TPSA) is 20.7 Å². The van der Waals surface area contributed by atoms with Crippen molar-refractivity contribution in [2.24, 2.45) is 0 Å². The van der Waals surface area contributed by atoms with Gasteiger partial charge in [0.1, 0.15) is 11.3 Å². The first-order valence-corrected chi connectivity index (χ1v) is 7.51. The highest BCUT2D eigenvalue weighted by Gasteiger charge is 2.15. The highest BCUT2D eigenvalue weighted by Crippen LogP contribution is 2.25. The largest absolute Gasteiger partial charge is 0.328 e. The van der Waals surface area contributed by atoms with Crippen molar-refractivity contribution in [3.63, 3.8) is 0 Å². The second-order valence-electron chi connectivity index (χ2n) is 4.77. The molecule has 0 amide bonds. The Morgan fingerprint density at radius 1 is 1.40 bits per heavy atom. The highest BCUT2D eigenvalue weighted by atomic mass is 32.1. The lowest BCUT2D eigenvalue weighted by molar-refractivity contribution is 0.550. The SMILES string of the molecule is CC(Cc1ccsc1)n1c(=S)[nH]c2c(F)cc(F)cc21. The summed E-state index contributed by atoms with van der Waals surface area (Å²) >= 11 is 6.88. The molecule has 2 nitrogen and oxygen atoms in total. The summed E-state index contributed by atoms with van der Waals surface area (Å²) in [6, 6.07) is 4.24. The summed E-state index contributed by atoms with van der Waals surface area (Å²) in [5, 5.41) is 4.08. The van der Waals surface area contributed by atoms with E-state index in [9.17, 15) is 8.78 Å². The van der Waals surface area contributed by atoms with Gasteiger partial charge in [-0.3, -0.25) is 0 Å². The first-order chi connectivity index (χ1) is 9.56. The van der Waals surface area contributed by atoms with Crippen LogP contribution in [0.15, 0.2) is 29.0 Å². The number of aromatic nitrogens is 2. The van der Waals surface area contributed by atoms with Gasteiger partial charge in [0.2, 0.25) is 0 Å². The van der Waals surface area contributed by atoms with E-state index in [0.29, 0.717) is 10.3 Å². The van der Waals surface area contributed by atoms with Crippen LogP contribution in [0, 0.1) is 16.4 Å². The summed E-state index contributed by atoms with van der Waals surface area (Å²) in [5.74, 6) is -1.21. The summed E-state index contributed by atoms with van der Waals surface area (Å²) in [6.07, 6.45) is 0.767. The fourth-order valence-electron chi connectivity index (χ4n) is 2.43. The average Bonchev–Trinajstić information content (AvgIpc) is 2.96. The summed E-state index contributed by atoms with van der Waals surface area (Å²) in [4.78, 5) is 2.82. The highest BCUT2D eigenvalue weighted by molar-refractivity contribution is 7.71. The van der Waals surface area contributed by atoms with Crippen LogP contribution in [0.25, 0.3) is 11.0 Å². The predicted octanol–water partition coefficient (Wildman–Crippen LogP) is 4.84. The number of fused-ring (bicyclic) bond motifs is 1. The summed E-state index contributed by atoms with van der Waals surface area (Å²) < 4.78 is 29.4. The molecule has 0 fully saturated rings. The molecule has 3 rings (SSSR count). The van der Waals surface area contributed by atoms with Crippen LogP contribution in [0.3, 0.4) is 0 Å². The van der Waals surface area contributed by atoms with Crippen LogP contribution in [-0.4, -0.2) is 9.55 Å². The second kappa shape index (κ2) is 5.10. The standard InChI is InChI=1S/C14H12F2N2S2/c1-8(4-9-2-3-20-7-9)18-12-6-10(15)5-11(16)13(12)17-14(18)19/h2-3,5-8H,4H2,1H3,(H,17,19). The monoisotopic (exact) mass is 310 g/mol. The number of aromatic amines is 1. The average molecular weight is 310 g/mol. The summed E-state index contributed by atoms with van der Waals surface area (Å²) in [5.41, 5.74) is 1.92. The Morgan fingerprint density at radius 2 is 2.20 bits per heavy atom. The molecule has 6 heteroatoms. The molecule has 0 aliphatic rings. The van der Waals surface area contributed by atoms with Gasteiger partial charge in [-0.15, -0.1) is 0 Å². The number of benzene rings is 1. The Labute approximate surface area is 123 Å². The van der Waals surface area contributed by atoms with Gasteiger partial charge in [-0.25, -0.2) is 8.78 Å². The fourth-order valence-corrected chi connectivity index (χ4v) is 3.49. The van der Waals surface area contributed by atoms with E-state index in [-0.39, 0.29) is 11.6 Å². The number of nitrogens with one attached hydrogen (secondary N) is 1. The Bertz CT molecular complexity index is 803. The van der Waals surface area contributed by atoms with Crippen molar-refractivity contribution < 1.29 is 8.78 Å². The number of nitrogens with zero attached hydrogens (tertiary/aromatic N) is 1. The lowest BCUT2D eigenvalue weighted by Crippen LogP contribution is -2.08. The minimum absolute atomic E-state index is 0.0204. The van der Waals surface area contributed by atoms with Crippen LogP contribution < -0.4 is 0 Å². The number of rotatable bonds is 3. The Morgan fingerprint density at radius 3 is 2.90 bits per heavy atom. The number of imidazole rings is 1. The third-order valence-electron chi connectivity index (χ3n) is 3.30. The molecular formula is C14H12F2N2S2. The van der Waals surface area contributed by atoms with Crippen molar-refractivity contribution in [3.8, 4) is 0 Å². The van der Waals surface area contributed by atoms with E-state index < -0.39 is 11.6 Å². The molecule has 0 aliphatic heterocycles. The molecule has 0 radical (unpaired) electrons. The van der Waals surface area contributed by atoms with Crippen LogP contribution in [0.5, 0.6) is 0 Å². The molecule has 2 aromatic heterocycles. The van der Waals surface area contributed by atoms with Crippen molar-refractivity contribution in [2.45, 2.75) is 19.4 Å². The van der Waals surface area contributed by atoms with Gasteiger partial charge in [0, 0.05) is 12.1 Å². The molecule has 0 bridgehead atoms. The van der Waals surface area contributed by atoms with E-state index in [1.807, 2.05) is 18.4 Å². The van der Waals surface area contributed by atoms with Gasteiger partial charge in [0.15, 0.2) is 10.6 Å². The Kier molecular flexibility index (Phi) is 3.43. The molecular weight excluding hydrogens is 298 g/mol. The van der Waals surface area contributed by atoms with Gasteiger partial charge in [0.25, 0.3) is 0 Å². The zero-order valence-electron chi connectivity index (χ0n) is 10.7. The van der Waals surface area contributed by atoms with Crippen LogP contribution in [-0.2, 0) is 6.42 Å². The van der Waals surface area contributed by atoms with Crippen molar-refractivity contribution >= 4 is 34.6 Å². The number of hydrogen-bond acceptors (Lipinski definition) is 2. The lowest BCUT2D eigenvalue weighted by Gasteiger charge is -2.14. The summed E-state index contributed by atoms with van der Waals surface area (Å²) in [7, 11) is 0. The van der Waals surface area contributed by atoms with Crippen LogP contribution >= 0.6 is 23.6 Å². The quantitative estimate of drug-likeness (QED) is 0.686. The van der Waals surface area contributed by atoms with Crippen molar-refractivity contribution in [2.75, 3.05) is 0 Å². The third-order valence-corrected chi connectivity index (χ3v) is 4.33. The van der Waals surface area contributed by atoms with Gasteiger partial charge in [-0.1, -0.05) is 0 Å². The molecule has 1 unspecified atom stereocenters. The molecule has 104 valence electrons. The molecule has 1 aromatic carbocycles. The van der Waals surface area contributed by atoms with Gasteiger partial charge < -0.3 is 9.55 Å². The normalized spacial score (nSPS) is 12.9. The number of H-pyrrole nitrogens is 1. The number of halogens is 2. The zero-order valence-corrected chi connectivity index (χ0v) is 12.3. The summed E-state index contributed by atoms with van der Waals surface area (Å²) in [6.45, 7) is 1.99. The van der Waals surface area contributed by atoms with Crippen molar-refractivity contribution in [1.29, 1.82) is 0 Å². The molecule has 20 heavy (non-hydrogen) atoms. The molecule has 1 atom stereocenters. The maximum absolute atomic E-state index is 13.8. The molecule has 3 aromatic rings. The minimum atomic E-state index is -0.618. The molecule has 2 heterocycles. The maximum atomic E-state index is 13.8. The molecule has 0 aliphatic carbocycles. The van der Waals surface area contributed by atoms with E-state index in [1.54, 1.807) is 15.9 Å². The van der Waals surface area contributed by atoms with Gasteiger partial charge in [0.05, 0.1) is 5.52 Å². The van der Waals surface area contributed by atoms with E-state index in [2.05, 4.69) is 10.4 Å². The molecule has 0 saturated carbocycles. The fraction of sp³-hybridized carbons (Fsp3) is 0.214. The van der Waals surface area contributed by atoms with E-state index in [0.717, 1.165) is 12.5 Å². The maximum Gasteiger partial charge on any atom is 0.178 e. The smallest absolute Gasteiger partial charge is 0.178 e. The second-order valence-corrected chi connectivity index (χ2v) is 5.93. The van der Waals surface area contributed by atoms with Crippen LogP contribution in [0.1, 0.15) is 18.5 Å². The van der Waals surface area contributed by atoms with E-state index in [4.69, 9.17) is 12.2 Å². The van der Waals surface area contributed by atoms with Gasteiger partial charge in [-0.05, 0) is 54.0 Å². The zero-order chi connectivity index (χ0) is 14.3. The lowest BCUT2D eigenvalue weighted by atomic mass is 10.1.